The fourth-order valence-corrected chi connectivity index (χ4v) is 0.0589. The van der Waals surface area contributed by atoms with E-state index in [-0.39, 0.29) is 11.3 Å². The Bertz CT molecular complexity index is 71.7. The normalized spacial score (nSPS) is 5.60. The third kappa shape index (κ3) is 3.56. The van der Waals surface area contributed by atoms with Crippen molar-refractivity contribution in [2.24, 2.45) is 0 Å². The summed E-state index contributed by atoms with van der Waals surface area (Å²) in [5.41, 5.74) is 0. The van der Waals surface area contributed by atoms with Crippen LogP contribution in [0.2, 0.25) is 0 Å². The van der Waals surface area contributed by atoms with Gasteiger partial charge in [0.15, 0.2) is 0 Å². The summed E-state index contributed by atoms with van der Waals surface area (Å²) in [4.78, 5) is 9.00. The average molecular weight is 89.1 g/mol. The first kappa shape index (κ1) is 4.56. The lowest BCUT2D eigenvalue weighted by Crippen LogP contribution is -1.64. The molecule has 0 fully saturated rings. The van der Waals surface area contributed by atoms with Gasteiger partial charge in [0.25, 0.3) is 0 Å². The van der Waals surface area contributed by atoms with Crippen molar-refractivity contribution < 1.29 is 9.00 Å². The van der Waals surface area contributed by atoms with Crippen LogP contribution in [-0.4, -0.2) is 15.9 Å². The molecule has 27 valence electrons. The van der Waals surface area contributed by atoms with Gasteiger partial charge in [0, 0.05) is 0 Å². The molecule has 2 nitrogen and oxygen atoms in total. The van der Waals surface area contributed by atoms with Crippen molar-refractivity contribution >= 4 is 22.9 Å². The third-order valence-electron chi connectivity index (χ3n) is 0.0962. The maximum Gasteiger partial charge on any atom is 0.239 e. The second kappa shape index (κ2) is 3.56. The zero-order valence-electron chi connectivity index (χ0n) is 2.30. The molecule has 0 atom stereocenters. The summed E-state index contributed by atoms with van der Waals surface area (Å²) >= 11 is 0.103. The largest absolute Gasteiger partial charge is 0.285 e. The van der Waals surface area contributed by atoms with Gasteiger partial charge >= 0.3 is 0 Å². The van der Waals surface area contributed by atoms with Crippen molar-refractivity contribution in [2.45, 2.75) is 0 Å². The van der Waals surface area contributed by atoms with Gasteiger partial charge in [0.05, 0.1) is 16.6 Å². The molecule has 0 aliphatic rings. The Morgan fingerprint density at radius 1 is 1.80 bits per heavy atom. The monoisotopic (exact) mass is 89.0 g/mol. The van der Waals surface area contributed by atoms with Crippen LogP contribution in [0.25, 0.3) is 0 Å². The van der Waals surface area contributed by atoms with E-state index in [0.29, 0.717) is 0 Å². The van der Waals surface area contributed by atoms with Crippen LogP contribution in [0.4, 0.5) is 0 Å². The van der Waals surface area contributed by atoms with Crippen molar-refractivity contribution in [3.05, 3.63) is 0 Å². The maximum absolute atomic E-state index is 9.13. The number of hydrogen-bond donors (Lipinski definition) is 0. The number of rotatable bonds is 1. The Hall–Kier alpha value is -0.440. The van der Waals surface area contributed by atoms with Crippen LogP contribution in [0, 0.1) is 0 Å². The van der Waals surface area contributed by atoms with Crippen LogP contribution in [0.1, 0.15) is 0 Å². The minimum atomic E-state index is 0.103. The van der Waals surface area contributed by atoms with E-state index in [9.17, 15) is 0 Å². The summed E-state index contributed by atoms with van der Waals surface area (Å²) in [5.74, 6) is 0. The van der Waals surface area contributed by atoms with Gasteiger partial charge in [-0.25, -0.2) is 4.21 Å². The summed E-state index contributed by atoms with van der Waals surface area (Å²) < 4.78 is 9.13. The van der Waals surface area contributed by atoms with Crippen LogP contribution >= 0.6 is 0 Å². The predicted molar refractivity (Wildman–Crippen MR) is 19.9 cm³/mol. The molecule has 0 aromatic carbocycles. The molecule has 0 heterocycles. The van der Waals surface area contributed by atoms with Gasteiger partial charge in [0.2, 0.25) is 6.29 Å². The molecular formula is C2HO2S. The lowest BCUT2D eigenvalue weighted by Gasteiger charge is -1.33. The Kier molecular flexibility index (Phi) is 3.25. The standard InChI is InChI=1S/C2HO2S/c3-1-2-5-4/h2H. The summed E-state index contributed by atoms with van der Waals surface area (Å²) in [5, 5.41) is 0.806. The number of carbonyl (C=O) groups excluding carboxylic acids is 1. The second-order valence-corrected chi connectivity index (χ2v) is 0.760. The van der Waals surface area contributed by atoms with Gasteiger partial charge in [-0.15, -0.1) is 0 Å². The molecule has 0 aliphatic heterocycles. The molecule has 3 heteroatoms. The quantitative estimate of drug-likeness (QED) is 0.390. The van der Waals surface area contributed by atoms with E-state index in [1.54, 1.807) is 0 Å². The lowest BCUT2D eigenvalue weighted by atomic mass is 10.9. The average Bonchev–Trinajstić information content (AvgIpc) is 1.41. The predicted octanol–water partition coefficient (Wildman–Crippen LogP) is -0.889. The van der Waals surface area contributed by atoms with E-state index in [0.717, 1.165) is 5.37 Å². The van der Waals surface area contributed by atoms with Gasteiger partial charge < -0.3 is 0 Å². The third-order valence-corrected chi connectivity index (χ3v) is 0.289. The van der Waals surface area contributed by atoms with Crippen molar-refractivity contribution in [1.82, 2.24) is 0 Å². The fourth-order valence-electron chi connectivity index (χ4n) is 0.0196. The van der Waals surface area contributed by atoms with Gasteiger partial charge in [0.1, 0.15) is 0 Å². The first-order valence-electron chi connectivity index (χ1n) is 0.895. The van der Waals surface area contributed by atoms with Crippen molar-refractivity contribution in [2.75, 3.05) is 0 Å². The van der Waals surface area contributed by atoms with Crippen LogP contribution in [0.5, 0.6) is 0 Å². The maximum atomic E-state index is 9.13. The first-order valence-corrected chi connectivity index (χ1v) is 1.70. The molecule has 1 radical (unpaired) electrons. The van der Waals surface area contributed by atoms with E-state index in [2.05, 4.69) is 0 Å². The lowest BCUT2D eigenvalue weighted by molar-refractivity contribution is 0.568. The molecule has 0 unspecified atom stereocenters. The van der Waals surface area contributed by atoms with E-state index >= 15 is 0 Å². The smallest absolute Gasteiger partial charge is 0.239 e. The summed E-state index contributed by atoms with van der Waals surface area (Å²) in [6, 6.07) is 0. The molecule has 0 aromatic heterocycles. The molecule has 0 saturated heterocycles. The Morgan fingerprint density at radius 3 is 2.40 bits per heavy atom. The minimum Gasteiger partial charge on any atom is -0.285 e. The van der Waals surface area contributed by atoms with Crippen molar-refractivity contribution in [3.8, 4) is 0 Å². The zero-order valence-corrected chi connectivity index (χ0v) is 3.12. The molecule has 0 bridgehead atoms. The van der Waals surface area contributed by atoms with Gasteiger partial charge in [-0.05, 0) is 0 Å². The molecule has 0 spiro atoms. The fraction of sp³-hybridized carbons (Fsp3) is 0. The first-order chi connectivity index (χ1) is 2.41. The van der Waals surface area contributed by atoms with Crippen LogP contribution in [0.3, 0.4) is 0 Å². The molecule has 0 aliphatic carbocycles. The van der Waals surface area contributed by atoms with Crippen LogP contribution in [-0.2, 0) is 16.1 Å². The molecule has 5 heavy (non-hydrogen) atoms. The highest BCUT2D eigenvalue weighted by atomic mass is 32.1. The molecule has 0 N–H and O–H groups in total. The van der Waals surface area contributed by atoms with E-state index in [1.165, 1.54) is 6.29 Å². The molecule has 0 rings (SSSR count). The molecular weight excluding hydrogens is 88.1 g/mol. The van der Waals surface area contributed by atoms with Gasteiger partial charge in [-0.1, -0.05) is 0 Å². The highest BCUT2D eigenvalue weighted by molar-refractivity contribution is 7.66. The van der Waals surface area contributed by atoms with E-state index in [4.69, 9.17) is 9.00 Å². The Balaban J connectivity index is 3.31. The second-order valence-electron chi connectivity index (χ2n) is 0.332. The minimum absolute atomic E-state index is 0.103. The Morgan fingerprint density at radius 2 is 2.40 bits per heavy atom. The van der Waals surface area contributed by atoms with Crippen molar-refractivity contribution in [1.29, 1.82) is 0 Å². The summed E-state index contributed by atoms with van der Waals surface area (Å²) in [6.07, 6.45) is 1.29. The Labute approximate surface area is 32.9 Å². The van der Waals surface area contributed by atoms with Gasteiger partial charge in [-0.3, -0.25) is 4.79 Å². The van der Waals surface area contributed by atoms with Crippen molar-refractivity contribution in [3.63, 3.8) is 0 Å². The van der Waals surface area contributed by atoms with Gasteiger partial charge in [-0.2, -0.15) is 0 Å². The molecule has 0 aromatic rings. The van der Waals surface area contributed by atoms with Crippen LogP contribution in [0.15, 0.2) is 0 Å². The SMILES string of the molecule is O=[C]C=S=O. The molecule has 0 amide bonds. The number of hydrogen-bond acceptors (Lipinski definition) is 2. The topological polar surface area (TPSA) is 34.1 Å². The highest BCUT2D eigenvalue weighted by Gasteiger charge is 1.52. The highest BCUT2D eigenvalue weighted by Crippen LogP contribution is 1.20. The van der Waals surface area contributed by atoms with E-state index < -0.39 is 0 Å². The summed E-state index contributed by atoms with van der Waals surface area (Å²) in [6.45, 7) is 0. The molecule has 0 saturated carbocycles. The summed E-state index contributed by atoms with van der Waals surface area (Å²) in [7, 11) is 0. The van der Waals surface area contributed by atoms with Crippen LogP contribution < -0.4 is 0 Å². The zero-order chi connectivity index (χ0) is 4.12. The van der Waals surface area contributed by atoms with E-state index in [1.807, 2.05) is 0 Å².